The lowest BCUT2D eigenvalue weighted by Crippen LogP contribution is -2.30. The molecule has 0 bridgehead atoms. The molecule has 4 nitrogen and oxygen atoms in total. The van der Waals surface area contributed by atoms with Crippen LogP contribution in [-0.4, -0.2) is 16.1 Å². The maximum Gasteiger partial charge on any atom is 0.208 e. The Bertz CT molecular complexity index is 2470. The normalized spacial score (nSPS) is 13.9. The van der Waals surface area contributed by atoms with Gasteiger partial charge in [0.25, 0.3) is 0 Å². The molecule has 2 aliphatic carbocycles. The number of Topliss-reactive ketones (excluding diaryl/α,β-unsaturated/α-hetero) is 1. The van der Waals surface area contributed by atoms with Crippen molar-refractivity contribution in [2.45, 2.75) is 68.5 Å². The van der Waals surface area contributed by atoms with Gasteiger partial charge in [-0.3, -0.25) is 4.79 Å². The first-order chi connectivity index (χ1) is 25.9. The average Bonchev–Trinajstić information content (AvgIpc) is 3.13. The molecule has 0 saturated carbocycles. The number of carbonyl (C=O) groups is 1. The van der Waals surface area contributed by atoms with Gasteiger partial charge >= 0.3 is 0 Å². The predicted octanol–water partition coefficient (Wildman–Crippen LogP) is 10.6. The summed E-state index contributed by atoms with van der Waals surface area (Å²) in [5, 5.41) is 13.7. The van der Waals surface area contributed by atoms with Crippen LogP contribution in [0.1, 0.15) is 61.2 Å². The molecule has 7 rings (SSSR count). The maximum absolute atomic E-state index is 13.7. The lowest BCUT2D eigenvalue weighted by Gasteiger charge is -2.33. The molecule has 0 radical (unpaired) electrons. The van der Waals surface area contributed by atoms with Crippen LogP contribution in [0.25, 0.3) is 5.57 Å². The van der Waals surface area contributed by atoms with Crippen LogP contribution in [0.15, 0.2) is 138 Å². The molecular formula is C50H48N2O2. The molecule has 0 fully saturated rings. The van der Waals surface area contributed by atoms with Crippen LogP contribution in [0.3, 0.4) is 0 Å². The fourth-order valence-corrected chi connectivity index (χ4v) is 7.77. The largest absolute Gasteiger partial charge is 0.871 e. The quantitative estimate of drug-likeness (QED) is 0.119. The molecule has 5 aromatic carbocycles. The molecular weight excluding hydrogens is 661 g/mol. The van der Waals surface area contributed by atoms with Crippen molar-refractivity contribution in [2.24, 2.45) is 0 Å². The van der Waals surface area contributed by atoms with Gasteiger partial charge < -0.3 is 10.0 Å². The summed E-state index contributed by atoms with van der Waals surface area (Å²) < 4.78 is 2.31. The number of anilines is 2. The van der Waals surface area contributed by atoms with E-state index in [4.69, 9.17) is 0 Å². The van der Waals surface area contributed by atoms with Crippen LogP contribution in [0, 0.1) is 55.4 Å². The molecule has 54 heavy (non-hydrogen) atoms. The Hall–Kier alpha value is -6.00. The first-order valence-electron chi connectivity index (χ1n) is 18.7. The lowest BCUT2D eigenvalue weighted by molar-refractivity contribution is -0.457. The monoisotopic (exact) mass is 708 g/mol. The van der Waals surface area contributed by atoms with Crippen molar-refractivity contribution < 1.29 is 14.5 Å². The zero-order valence-corrected chi connectivity index (χ0v) is 32.7. The van der Waals surface area contributed by atoms with E-state index in [2.05, 4.69) is 138 Å². The van der Waals surface area contributed by atoms with Gasteiger partial charge in [0.05, 0.1) is 0 Å². The standard InChI is InChI=1S/C50H48N2O2/c1-31-9-13-41(35(5)25-31)29-51(45-23-11-33(3)27-37(45)7)43-19-15-39(16-20-43)47-49(53)48(50(47)54)40-17-21-44(22-18-40)52(46-24-12-34(4)28-38(46)8)30-42-14-10-32(2)26-36(42)6/h9-28H,29-30H2,1-8H3. The van der Waals surface area contributed by atoms with Crippen molar-refractivity contribution in [1.82, 2.24) is 0 Å². The number of allylic oxidation sites excluding steroid dienone is 7. The van der Waals surface area contributed by atoms with Crippen LogP contribution < -0.4 is 10.0 Å². The SMILES string of the molecule is Cc1ccc(CN(c2ccc(C3=C([O-])C(=C4C=CC(=[N+](Cc5ccc(C)cc5C)c5ccc(C)cc5C)C=C4)C3=O)cc2)c2ccc(C)cc2C)c(C)c1. The van der Waals surface area contributed by atoms with Crippen molar-refractivity contribution in [3.63, 3.8) is 0 Å². The van der Waals surface area contributed by atoms with E-state index in [0.29, 0.717) is 24.2 Å². The molecule has 0 heterocycles. The van der Waals surface area contributed by atoms with Gasteiger partial charge in [-0.1, -0.05) is 94.7 Å². The zero-order chi connectivity index (χ0) is 38.3. The summed E-state index contributed by atoms with van der Waals surface area (Å²) in [7, 11) is 0. The zero-order valence-electron chi connectivity index (χ0n) is 32.7. The number of ketones is 1. The van der Waals surface area contributed by atoms with E-state index in [1.807, 2.05) is 48.6 Å². The Balaban J connectivity index is 1.20. The molecule has 2 aliphatic rings. The smallest absolute Gasteiger partial charge is 0.208 e. The fourth-order valence-electron chi connectivity index (χ4n) is 7.77. The van der Waals surface area contributed by atoms with Crippen molar-refractivity contribution in [3.05, 3.63) is 199 Å². The minimum absolute atomic E-state index is 0.205. The molecule has 0 atom stereocenters. The van der Waals surface area contributed by atoms with Gasteiger partial charge in [-0.05, 0) is 125 Å². The molecule has 0 aromatic heterocycles. The molecule has 270 valence electrons. The molecule has 5 aromatic rings. The second kappa shape index (κ2) is 14.8. The molecule has 0 spiro atoms. The number of benzene rings is 5. The minimum Gasteiger partial charge on any atom is -0.871 e. The summed E-state index contributed by atoms with van der Waals surface area (Å²) in [5.41, 5.74) is 18.3. The summed E-state index contributed by atoms with van der Waals surface area (Å²) in [5.74, 6) is -0.410. The third-order valence-corrected chi connectivity index (χ3v) is 10.8. The Morgan fingerprint density at radius 3 is 1.65 bits per heavy atom. The average molecular weight is 709 g/mol. The van der Waals surface area contributed by atoms with Crippen LogP contribution in [0.5, 0.6) is 0 Å². The number of hydrogen-bond acceptors (Lipinski definition) is 3. The van der Waals surface area contributed by atoms with Crippen molar-refractivity contribution in [2.75, 3.05) is 4.90 Å². The van der Waals surface area contributed by atoms with E-state index in [1.54, 1.807) is 0 Å². The number of rotatable bonds is 8. The van der Waals surface area contributed by atoms with Gasteiger partial charge in [0.2, 0.25) is 11.4 Å². The highest BCUT2D eigenvalue weighted by molar-refractivity contribution is 6.39. The van der Waals surface area contributed by atoms with Gasteiger partial charge in [0.15, 0.2) is 12.3 Å². The fraction of sp³-hybridized carbons (Fsp3) is 0.200. The maximum atomic E-state index is 13.7. The highest BCUT2D eigenvalue weighted by atomic mass is 16.3. The molecule has 0 unspecified atom stereocenters. The molecule has 0 N–H and O–H groups in total. The second-order valence-corrected chi connectivity index (χ2v) is 15.1. The minimum atomic E-state index is -0.205. The summed E-state index contributed by atoms with van der Waals surface area (Å²) in [6, 6.07) is 34.1. The summed E-state index contributed by atoms with van der Waals surface area (Å²) in [4.78, 5) is 16.0. The molecule has 0 amide bonds. The highest BCUT2D eigenvalue weighted by Gasteiger charge is 2.31. The van der Waals surface area contributed by atoms with E-state index in [9.17, 15) is 9.90 Å². The predicted molar refractivity (Wildman–Crippen MR) is 222 cm³/mol. The van der Waals surface area contributed by atoms with Crippen molar-refractivity contribution >= 4 is 34.1 Å². The first-order valence-corrected chi connectivity index (χ1v) is 18.7. The number of aryl methyl sites for hydroxylation is 8. The van der Waals surface area contributed by atoms with Gasteiger partial charge in [0.1, 0.15) is 0 Å². The summed E-state index contributed by atoms with van der Waals surface area (Å²) in [6.07, 6.45) is 7.87. The van der Waals surface area contributed by atoms with Crippen molar-refractivity contribution in [3.8, 4) is 0 Å². The van der Waals surface area contributed by atoms with E-state index in [-0.39, 0.29) is 22.7 Å². The van der Waals surface area contributed by atoms with Crippen LogP contribution in [-0.2, 0) is 17.9 Å². The molecule has 0 saturated heterocycles. The number of nitrogens with zero attached hydrogens (tertiary/aromatic N) is 2. The van der Waals surface area contributed by atoms with E-state index in [0.717, 1.165) is 22.8 Å². The van der Waals surface area contributed by atoms with Crippen LogP contribution >= 0.6 is 0 Å². The van der Waals surface area contributed by atoms with E-state index >= 15 is 0 Å². The molecule has 0 aliphatic heterocycles. The molecule has 4 heteroatoms. The summed E-state index contributed by atoms with van der Waals surface area (Å²) >= 11 is 0. The lowest BCUT2D eigenvalue weighted by atomic mass is 9.80. The number of carbonyl (C=O) groups excluding carboxylic acids is 1. The topological polar surface area (TPSA) is 46.4 Å². The number of hydrogen-bond donors (Lipinski definition) is 0. The van der Waals surface area contributed by atoms with Gasteiger partial charge in [0, 0.05) is 58.4 Å². The van der Waals surface area contributed by atoms with Gasteiger partial charge in [-0.2, -0.15) is 4.58 Å². The summed E-state index contributed by atoms with van der Waals surface area (Å²) in [6.45, 7) is 18.4. The highest BCUT2D eigenvalue weighted by Crippen LogP contribution is 2.39. The van der Waals surface area contributed by atoms with E-state index < -0.39 is 0 Å². The Morgan fingerprint density at radius 2 is 1.09 bits per heavy atom. The Morgan fingerprint density at radius 1 is 0.556 bits per heavy atom. The van der Waals surface area contributed by atoms with Crippen LogP contribution in [0.4, 0.5) is 17.1 Å². The van der Waals surface area contributed by atoms with Crippen molar-refractivity contribution in [1.29, 1.82) is 0 Å². The Labute approximate surface area is 320 Å². The third kappa shape index (κ3) is 7.17. The van der Waals surface area contributed by atoms with Crippen LogP contribution in [0.2, 0.25) is 0 Å². The second-order valence-electron chi connectivity index (χ2n) is 15.1. The Kier molecular flexibility index (Phi) is 9.96. The van der Waals surface area contributed by atoms with Gasteiger partial charge in [-0.15, -0.1) is 0 Å². The first kappa shape index (κ1) is 36.4. The third-order valence-electron chi connectivity index (χ3n) is 10.8. The van der Waals surface area contributed by atoms with E-state index in [1.165, 1.54) is 55.6 Å². The van der Waals surface area contributed by atoms with Gasteiger partial charge in [-0.25, -0.2) is 0 Å².